The molecule has 8 nitrogen and oxygen atoms in total. The molecule has 0 aromatic rings. The van der Waals surface area contributed by atoms with Crippen molar-refractivity contribution in [2.45, 2.75) is 219 Å². The van der Waals surface area contributed by atoms with Crippen molar-refractivity contribution in [1.82, 2.24) is 0 Å². The molecule has 0 saturated carbocycles. The Balaban J connectivity index is 4.20. The van der Waals surface area contributed by atoms with Crippen LogP contribution >= 0.6 is 7.82 Å². The zero-order valence-electron chi connectivity index (χ0n) is 38.8. The van der Waals surface area contributed by atoms with E-state index in [-0.39, 0.29) is 25.8 Å². The molecule has 0 fully saturated rings. The lowest BCUT2D eigenvalue weighted by Crippen LogP contribution is -2.37. The third-order valence-electron chi connectivity index (χ3n) is 10.4. The summed E-state index contributed by atoms with van der Waals surface area (Å²) in [7, 11) is 1.66. The highest BCUT2D eigenvalue weighted by Gasteiger charge is 2.26. The summed E-state index contributed by atoms with van der Waals surface area (Å²) in [6, 6.07) is 0. The van der Waals surface area contributed by atoms with Gasteiger partial charge in [-0.25, -0.2) is 4.57 Å². The monoisotopic (exact) mass is 841 g/mol. The molecule has 0 bridgehead atoms. The molecular formula is C49H95NO7P+. The number of quaternary nitrogens is 1. The van der Waals surface area contributed by atoms with Gasteiger partial charge in [-0.2, -0.15) is 0 Å². The first-order valence-electron chi connectivity index (χ1n) is 24.2. The van der Waals surface area contributed by atoms with Gasteiger partial charge in [0.15, 0.2) is 0 Å². The normalized spacial score (nSPS) is 14.0. The van der Waals surface area contributed by atoms with Gasteiger partial charge in [-0.1, -0.05) is 172 Å². The molecule has 0 saturated heterocycles. The number of phosphoric ester groups is 1. The Labute approximate surface area is 359 Å². The van der Waals surface area contributed by atoms with Crippen LogP contribution in [0.1, 0.15) is 213 Å². The lowest BCUT2D eigenvalue weighted by Gasteiger charge is -2.24. The first kappa shape index (κ1) is 56.7. The molecule has 0 aliphatic heterocycles. The number of esters is 1. The Morgan fingerprint density at radius 1 is 0.534 bits per heavy atom. The highest BCUT2D eigenvalue weighted by molar-refractivity contribution is 7.47. The third-order valence-corrected chi connectivity index (χ3v) is 11.4. The molecule has 0 aliphatic carbocycles. The summed E-state index contributed by atoms with van der Waals surface area (Å²) in [5.74, 6) is -0.321. The molecule has 9 heteroatoms. The van der Waals surface area contributed by atoms with Crippen LogP contribution in [-0.2, 0) is 27.9 Å². The van der Waals surface area contributed by atoms with Gasteiger partial charge in [-0.15, -0.1) is 0 Å². The highest BCUT2D eigenvalue weighted by Crippen LogP contribution is 2.43. The SMILES string of the molecule is CCCCCC/C=C\C/C=C\CCCCCCCCCC(=O)OC(COCCCCCCCCCC/C=C\CCCCCCCC)COP(=O)(O)OCC[N+](C)(C)C. The summed E-state index contributed by atoms with van der Waals surface area (Å²) in [5.41, 5.74) is 0. The molecule has 342 valence electrons. The van der Waals surface area contributed by atoms with Crippen molar-refractivity contribution in [2.75, 3.05) is 54.1 Å². The van der Waals surface area contributed by atoms with Gasteiger partial charge in [0, 0.05) is 13.0 Å². The molecule has 0 aromatic heterocycles. The first-order valence-corrected chi connectivity index (χ1v) is 25.7. The van der Waals surface area contributed by atoms with E-state index in [1.165, 1.54) is 148 Å². The zero-order chi connectivity index (χ0) is 42.7. The number of unbranched alkanes of at least 4 members (excludes halogenated alkanes) is 25. The van der Waals surface area contributed by atoms with Gasteiger partial charge in [0.25, 0.3) is 0 Å². The van der Waals surface area contributed by atoms with Crippen LogP contribution in [0.15, 0.2) is 36.5 Å². The van der Waals surface area contributed by atoms with Crippen LogP contribution < -0.4 is 0 Å². The first-order chi connectivity index (χ1) is 28.1. The summed E-state index contributed by atoms with van der Waals surface area (Å²) in [5, 5.41) is 0. The molecule has 0 heterocycles. The van der Waals surface area contributed by atoms with E-state index in [1.54, 1.807) is 0 Å². The number of phosphoric acid groups is 1. The van der Waals surface area contributed by atoms with Crippen molar-refractivity contribution < 1.29 is 37.3 Å². The second kappa shape index (κ2) is 42.4. The van der Waals surface area contributed by atoms with Crippen LogP contribution in [0.5, 0.6) is 0 Å². The standard InChI is InChI=1S/C49H94NO7P/c1-6-8-10-12-14-16-18-20-22-24-26-28-30-32-34-36-38-40-42-49(51)57-48(47-56-58(52,53)55-45-43-50(3,4)5)46-54-44-41-39-37-35-33-31-29-27-25-23-21-19-17-15-13-11-9-7-2/h16,18,21-24,48H,6-15,17,19-20,25-47H2,1-5H3/p+1/b18-16-,23-21-,24-22-. The van der Waals surface area contributed by atoms with Crippen LogP contribution in [-0.4, -0.2) is 75.6 Å². The van der Waals surface area contributed by atoms with Crippen molar-refractivity contribution in [1.29, 1.82) is 0 Å². The predicted octanol–water partition coefficient (Wildman–Crippen LogP) is 14.6. The lowest BCUT2D eigenvalue weighted by atomic mass is 10.1. The van der Waals surface area contributed by atoms with E-state index in [1.807, 2.05) is 21.1 Å². The van der Waals surface area contributed by atoms with Crippen molar-refractivity contribution in [3.8, 4) is 0 Å². The van der Waals surface area contributed by atoms with Gasteiger partial charge >= 0.3 is 13.8 Å². The number of likely N-dealkylation sites (N-methyl/N-ethyl adjacent to an activating group) is 1. The minimum atomic E-state index is -4.28. The third kappa shape index (κ3) is 45.8. The van der Waals surface area contributed by atoms with Crippen molar-refractivity contribution in [2.24, 2.45) is 0 Å². The van der Waals surface area contributed by atoms with Gasteiger partial charge in [0.2, 0.25) is 0 Å². The van der Waals surface area contributed by atoms with Crippen LogP contribution in [0.25, 0.3) is 0 Å². The van der Waals surface area contributed by atoms with Crippen LogP contribution in [0.4, 0.5) is 0 Å². The molecule has 1 N–H and O–H groups in total. The minimum Gasteiger partial charge on any atom is -0.457 e. The second-order valence-corrected chi connectivity index (χ2v) is 18.9. The number of carbonyl (C=O) groups is 1. The maximum Gasteiger partial charge on any atom is 0.472 e. The molecule has 2 atom stereocenters. The van der Waals surface area contributed by atoms with Crippen molar-refractivity contribution >= 4 is 13.8 Å². The fraction of sp³-hybridized carbons (Fsp3) is 0.857. The van der Waals surface area contributed by atoms with Gasteiger partial charge < -0.3 is 18.9 Å². The molecule has 0 radical (unpaired) electrons. The van der Waals surface area contributed by atoms with Gasteiger partial charge in [0.1, 0.15) is 19.3 Å². The van der Waals surface area contributed by atoms with Crippen LogP contribution in [0.3, 0.4) is 0 Å². The van der Waals surface area contributed by atoms with E-state index in [2.05, 4.69) is 50.3 Å². The fourth-order valence-electron chi connectivity index (χ4n) is 6.64. The molecule has 0 amide bonds. The van der Waals surface area contributed by atoms with E-state index in [0.717, 1.165) is 44.9 Å². The van der Waals surface area contributed by atoms with Crippen LogP contribution in [0, 0.1) is 0 Å². The Morgan fingerprint density at radius 3 is 1.43 bits per heavy atom. The van der Waals surface area contributed by atoms with E-state index < -0.39 is 13.9 Å². The summed E-state index contributed by atoms with van der Waals surface area (Å²) in [4.78, 5) is 23.0. The molecule has 2 unspecified atom stereocenters. The topological polar surface area (TPSA) is 91.3 Å². The Kier molecular flexibility index (Phi) is 41.5. The zero-order valence-corrected chi connectivity index (χ0v) is 39.7. The van der Waals surface area contributed by atoms with Crippen molar-refractivity contribution in [3.63, 3.8) is 0 Å². The largest absolute Gasteiger partial charge is 0.472 e. The number of hydrogen-bond donors (Lipinski definition) is 1. The summed E-state index contributed by atoms with van der Waals surface area (Å²) < 4.78 is 35.1. The van der Waals surface area contributed by atoms with Gasteiger partial charge in [0.05, 0.1) is 34.4 Å². The smallest absolute Gasteiger partial charge is 0.457 e. The molecule has 58 heavy (non-hydrogen) atoms. The van der Waals surface area contributed by atoms with E-state index in [9.17, 15) is 14.3 Å². The second-order valence-electron chi connectivity index (χ2n) is 17.5. The summed E-state index contributed by atoms with van der Waals surface area (Å²) in [6.45, 7) is 5.61. The molecule has 0 aromatic carbocycles. The fourth-order valence-corrected chi connectivity index (χ4v) is 7.38. The summed E-state index contributed by atoms with van der Waals surface area (Å²) in [6.07, 6.45) is 50.3. The number of carbonyl (C=O) groups excluding carboxylic acids is 1. The quantitative estimate of drug-likeness (QED) is 0.0215. The van der Waals surface area contributed by atoms with Crippen molar-refractivity contribution in [3.05, 3.63) is 36.5 Å². The number of allylic oxidation sites excluding steroid dienone is 6. The maximum atomic E-state index is 12.7. The van der Waals surface area contributed by atoms with E-state index >= 15 is 0 Å². The molecule has 0 rings (SSSR count). The Morgan fingerprint density at radius 2 is 0.948 bits per heavy atom. The molecule has 0 spiro atoms. The van der Waals surface area contributed by atoms with Crippen LogP contribution in [0.2, 0.25) is 0 Å². The van der Waals surface area contributed by atoms with Gasteiger partial charge in [-0.3, -0.25) is 13.8 Å². The number of hydrogen-bond acceptors (Lipinski definition) is 6. The Bertz CT molecular complexity index is 1020. The number of rotatable bonds is 45. The predicted molar refractivity (Wildman–Crippen MR) is 247 cm³/mol. The van der Waals surface area contributed by atoms with Gasteiger partial charge in [-0.05, 0) is 70.6 Å². The summed E-state index contributed by atoms with van der Waals surface area (Å²) >= 11 is 0. The minimum absolute atomic E-state index is 0.0865. The average Bonchev–Trinajstić information content (AvgIpc) is 3.18. The maximum absolute atomic E-state index is 12.7. The lowest BCUT2D eigenvalue weighted by molar-refractivity contribution is -0.870. The van der Waals surface area contributed by atoms with E-state index in [4.69, 9.17) is 18.5 Å². The average molecular weight is 841 g/mol. The number of ether oxygens (including phenoxy) is 2. The molecular weight excluding hydrogens is 746 g/mol. The molecule has 0 aliphatic rings. The number of nitrogens with zero attached hydrogens (tertiary/aromatic N) is 1. The Hall–Kier alpha value is -1.28. The highest BCUT2D eigenvalue weighted by atomic mass is 31.2. The van der Waals surface area contributed by atoms with E-state index in [0.29, 0.717) is 24.1 Å².